The number of hydrogen-bond acceptors (Lipinski definition) is 4. The number of aromatic nitrogens is 1. The maximum absolute atomic E-state index is 8.93. The van der Waals surface area contributed by atoms with E-state index in [-0.39, 0.29) is 0 Å². The van der Waals surface area contributed by atoms with Gasteiger partial charge in [0.2, 0.25) is 5.88 Å². The fourth-order valence-corrected chi connectivity index (χ4v) is 1.84. The van der Waals surface area contributed by atoms with E-state index in [0.717, 1.165) is 6.42 Å². The van der Waals surface area contributed by atoms with Crippen LogP contribution in [0.3, 0.4) is 0 Å². The first-order chi connectivity index (χ1) is 9.74. The Kier molecular flexibility index (Phi) is 8.75. The lowest BCUT2D eigenvalue weighted by Gasteiger charge is -2.01. The molecule has 0 saturated carbocycles. The van der Waals surface area contributed by atoms with Gasteiger partial charge in [0, 0.05) is 17.7 Å². The fraction of sp³-hybridized carbons (Fsp3) is 0.533. The highest BCUT2D eigenvalue weighted by Gasteiger charge is 2.10. The molecule has 2 N–H and O–H groups in total. The molecule has 5 heteroatoms. The third-order valence-corrected chi connectivity index (χ3v) is 3.07. The van der Waals surface area contributed by atoms with Crippen LogP contribution in [0.15, 0.2) is 30.7 Å². The van der Waals surface area contributed by atoms with E-state index in [1.165, 1.54) is 44.7 Å². The Morgan fingerprint density at radius 2 is 1.90 bits per heavy atom. The van der Waals surface area contributed by atoms with Crippen molar-refractivity contribution in [1.29, 1.82) is 0 Å². The van der Waals surface area contributed by atoms with E-state index in [9.17, 15) is 0 Å². The van der Waals surface area contributed by atoms with Gasteiger partial charge in [-0.25, -0.2) is 4.98 Å². The summed E-state index contributed by atoms with van der Waals surface area (Å²) in [5.41, 5.74) is 0.355. The van der Waals surface area contributed by atoms with Crippen molar-refractivity contribution in [2.75, 3.05) is 0 Å². The molecule has 0 aliphatic rings. The maximum Gasteiger partial charge on any atom is 0.490 e. The zero-order valence-corrected chi connectivity index (χ0v) is 12.2. The Morgan fingerprint density at radius 1 is 1.15 bits per heavy atom. The molecule has 0 fully saturated rings. The summed E-state index contributed by atoms with van der Waals surface area (Å²) in [6, 6.07) is 3.19. The lowest BCUT2D eigenvalue weighted by Crippen LogP contribution is -2.29. The Bertz CT molecular complexity index is 379. The molecule has 0 aromatic carbocycles. The molecular weight excluding hydrogens is 253 g/mol. The summed E-state index contributed by atoms with van der Waals surface area (Å²) >= 11 is 0. The summed E-state index contributed by atoms with van der Waals surface area (Å²) < 4.78 is 5.33. The smallest absolute Gasteiger partial charge is 0.447 e. The zero-order valence-electron chi connectivity index (χ0n) is 12.2. The third-order valence-electron chi connectivity index (χ3n) is 3.07. The lowest BCUT2D eigenvalue weighted by atomic mass is 9.82. The van der Waals surface area contributed by atoms with Crippen molar-refractivity contribution in [3.8, 4) is 5.88 Å². The molecule has 0 aliphatic carbocycles. The number of allylic oxidation sites excluding steroid dienone is 1. The molecular formula is C15H24BNO3. The summed E-state index contributed by atoms with van der Waals surface area (Å²) in [6.07, 6.45) is 13.8. The van der Waals surface area contributed by atoms with Crippen molar-refractivity contribution in [2.24, 2.45) is 0 Å². The third kappa shape index (κ3) is 7.31. The van der Waals surface area contributed by atoms with Gasteiger partial charge in [-0.2, -0.15) is 0 Å². The largest absolute Gasteiger partial charge is 0.490 e. The number of rotatable bonds is 10. The van der Waals surface area contributed by atoms with Crippen LogP contribution >= 0.6 is 0 Å². The minimum Gasteiger partial charge on any atom is -0.447 e. The normalized spacial score (nSPS) is 10.9. The summed E-state index contributed by atoms with van der Waals surface area (Å²) in [6.45, 7) is 2.22. The number of pyridine rings is 1. The van der Waals surface area contributed by atoms with Gasteiger partial charge >= 0.3 is 7.12 Å². The second-order valence-corrected chi connectivity index (χ2v) is 4.85. The van der Waals surface area contributed by atoms with Crippen LogP contribution in [0.1, 0.15) is 51.9 Å². The molecule has 20 heavy (non-hydrogen) atoms. The SMILES string of the molecule is CCCCCCCCC=COc1ccc(B(O)O)cn1. The van der Waals surface area contributed by atoms with E-state index in [0.29, 0.717) is 11.3 Å². The molecule has 0 aliphatic heterocycles. The molecule has 4 nitrogen and oxygen atoms in total. The second kappa shape index (κ2) is 10.5. The predicted octanol–water partition coefficient (Wildman–Crippen LogP) is 2.40. The second-order valence-electron chi connectivity index (χ2n) is 4.85. The highest BCUT2D eigenvalue weighted by atomic mass is 16.5. The summed E-state index contributed by atoms with van der Waals surface area (Å²) in [5, 5.41) is 17.9. The molecule has 0 bridgehead atoms. The highest BCUT2D eigenvalue weighted by Crippen LogP contribution is 2.08. The Hall–Kier alpha value is -1.33. The number of unbranched alkanes of at least 4 members (excludes halogenated alkanes) is 6. The van der Waals surface area contributed by atoms with Crippen molar-refractivity contribution < 1.29 is 14.8 Å². The van der Waals surface area contributed by atoms with Crippen LogP contribution in [0.25, 0.3) is 0 Å². The van der Waals surface area contributed by atoms with Gasteiger partial charge in [-0.1, -0.05) is 45.1 Å². The van der Waals surface area contributed by atoms with Gasteiger partial charge in [0.1, 0.15) is 0 Å². The van der Waals surface area contributed by atoms with Gasteiger partial charge in [0.05, 0.1) is 6.26 Å². The van der Waals surface area contributed by atoms with E-state index < -0.39 is 7.12 Å². The van der Waals surface area contributed by atoms with Gasteiger partial charge in [0.25, 0.3) is 0 Å². The Morgan fingerprint density at radius 3 is 2.55 bits per heavy atom. The quantitative estimate of drug-likeness (QED) is 0.391. The van der Waals surface area contributed by atoms with Crippen LogP contribution in [-0.2, 0) is 0 Å². The maximum atomic E-state index is 8.93. The summed E-state index contributed by atoms with van der Waals surface area (Å²) in [7, 11) is -1.49. The van der Waals surface area contributed by atoms with Crippen LogP contribution in [0.4, 0.5) is 0 Å². The number of nitrogens with zero attached hydrogens (tertiary/aromatic N) is 1. The van der Waals surface area contributed by atoms with Crippen molar-refractivity contribution in [3.05, 3.63) is 30.7 Å². The first kappa shape index (κ1) is 16.7. The lowest BCUT2D eigenvalue weighted by molar-refractivity contribution is 0.425. The minimum atomic E-state index is -1.49. The predicted molar refractivity (Wildman–Crippen MR) is 81.8 cm³/mol. The topological polar surface area (TPSA) is 62.6 Å². The fourth-order valence-electron chi connectivity index (χ4n) is 1.84. The van der Waals surface area contributed by atoms with Crippen LogP contribution in [0.5, 0.6) is 5.88 Å². The Balaban J connectivity index is 2.11. The molecule has 0 amide bonds. The van der Waals surface area contributed by atoms with Gasteiger partial charge in [0.15, 0.2) is 0 Å². The first-order valence-electron chi connectivity index (χ1n) is 7.37. The van der Waals surface area contributed by atoms with Gasteiger partial charge in [-0.3, -0.25) is 0 Å². The molecule has 0 unspecified atom stereocenters. The minimum absolute atomic E-state index is 0.355. The van der Waals surface area contributed by atoms with Crippen molar-refractivity contribution in [1.82, 2.24) is 4.98 Å². The molecule has 0 atom stereocenters. The molecule has 1 aromatic rings. The molecule has 0 saturated heterocycles. The molecule has 1 rings (SSSR count). The standard InChI is InChI=1S/C15H24BNO3/c1-2-3-4-5-6-7-8-9-12-20-15-11-10-14(13-17-15)16(18)19/h9-13,18-19H,2-8H2,1H3. The molecule has 1 aromatic heterocycles. The number of ether oxygens (including phenoxy) is 1. The number of hydrogen-bond donors (Lipinski definition) is 2. The average molecular weight is 277 g/mol. The van der Waals surface area contributed by atoms with Crippen LogP contribution in [0.2, 0.25) is 0 Å². The monoisotopic (exact) mass is 277 g/mol. The van der Waals surface area contributed by atoms with Crippen LogP contribution in [0, 0.1) is 0 Å². The van der Waals surface area contributed by atoms with E-state index in [2.05, 4.69) is 11.9 Å². The van der Waals surface area contributed by atoms with E-state index in [4.69, 9.17) is 14.8 Å². The zero-order chi connectivity index (χ0) is 14.6. The molecule has 0 spiro atoms. The molecule has 0 radical (unpaired) electrons. The van der Waals surface area contributed by atoms with E-state index in [1.54, 1.807) is 18.4 Å². The Labute approximate surface area is 121 Å². The van der Waals surface area contributed by atoms with E-state index in [1.807, 2.05) is 6.08 Å². The molecule has 110 valence electrons. The highest BCUT2D eigenvalue weighted by molar-refractivity contribution is 6.58. The van der Waals surface area contributed by atoms with Crippen molar-refractivity contribution in [2.45, 2.75) is 51.9 Å². The van der Waals surface area contributed by atoms with Crippen molar-refractivity contribution >= 4 is 12.6 Å². The molecule has 1 heterocycles. The van der Waals surface area contributed by atoms with Crippen LogP contribution < -0.4 is 10.2 Å². The van der Waals surface area contributed by atoms with E-state index >= 15 is 0 Å². The average Bonchev–Trinajstić information content (AvgIpc) is 2.46. The van der Waals surface area contributed by atoms with Crippen molar-refractivity contribution in [3.63, 3.8) is 0 Å². The summed E-state index contributed by atoms with van der Waals surface area (Å²) in [5.74, 6) is 0.452. The van der Waals surface area contributed by atoms with Gasteiger partial charge in [-0.05, 0) is 18.9 Å². The van der Waals surface area contributed by atoms with Gasteiger partial charge in [-0.15, -0.1) is 0 Å². The first-order valence-corrected chi connectivity index (χ1v) is 7.37. The van der Waals surface area contributed by atoms with Gasteiger partial charge < -0.3 is 14.8 Å². The van der Waals surface area contributed by atoms with Crippen LogP contribution in [-0.4, -0.2) is 22.2 Å². The summed E-state index contributed by atoms with van der Waals surface area (Å²) in [4.78, 5) is 3.97.